The minimum Gasteiger partial charge on any atom is -0.368 e. The maximum absolute atomic E-state index is 12.2. The maximum Gasteiger partial charge on any atom is 0.317 e. The average Bonchev–Trinajstić information content (AvgIpc) is 3.15. The first kappa shape index (κ1) is 17.6. The topological polar surface area (TPSA) is 64.7 Å². The summed E-state index contributed by atoms with van der Waals surface area (Å²) in [5, 5.41) is 5.92. The summed E-state index contributed by atoms with van der Waals surface area (Å²) in [4.78, 5) is 28.2. The Balaban J connectivity index is 1.33. The van der Waals surface area contributed by atoms with Crippen molar-refractivity contribution in [2.45, 2.75) is 38.1 Å². The van der Waals surface area contributed by atoms with Crippen molar-refractivity contribution in [1.82, 2.24) is 15.5 Å². The van der Waals surface area contributed by atoms with Gasteiger partial charge in [0.2, 0.25) is 5.91 Å². The molecule has 3 amide bonds. The van der Waals surface area contributed by atoms with E-state index in [0.29, 0.717) is 32.1 Å². The van der Waals surface area contributed by atoms with Crippen LogP contribution in [0.25, 0.3) is 0 Å². The second-order valence-corrected chi connectivity index (χ2v) is 6.84. The van der Waals surface area contributed by atoms with Crippen molar-refractivity contribution in [2.75, 3.05) is 37.6 Å². The number of rotatable bonds is 5. The molecule has 25 heavy (non-hydrogen) atoms. The molecule has 2 fully saturated rings. The highest BCUT2D eigenvalue weighted by atomic mass is 16.2. The van der Waals surface area contributed by atoms with Gasteiger partial charge in [-0.25, -0.2) is 4.79 Å². The monoisotopic (exact) mass is 344 g/mol. The SMILES string of the molecule is O=C(CCNC(=O)N1CCN(c2ccccc2)CC1)NC1CCCC1. The lowest BCUT2D eigenvalue weighted by Gasteiger charge is -2.36. The normalized spacial score (nSPS) is 18.2. The number of nitrogens with one attached hydrogen (secondary N) is 2. The van der Waals surface area contributed by atoms with Gasteiger partial charge in [-0.15, -0.1) is 0 Å². The van der Waals surface area contributed by atoms with Crippen LogP contribution in [0.5, 0.6) is 0 Å². The van der Waals surface area contributed by atoms with E-state index in [0.717, 1.165) is 25.9 Å². The number of amides is 3. The molecule has 0 bridgehead atoms. The van der Waals surface area contributed by atoms with E-state index < -0.39 is 0 Å². The summed E-state index contributed by atoms with van der Waals surface area (Å²) in [6, 6.07) is 10.5. The van der Waals surface area contributed by atoms with E-state index in [1.54, 1.807) is 0 Å². The molecule has 2 aliphatic rings. The Kier molecular flexibility index (Phi) is 6.14. The highest BCUT2D eigenvalue weighted by Gasteiger charge is 2.21. The lowest BCUT2D eigenvalue weighted by molar-refractivity contribution is -0.121. The summed E-state index contributed by atoms with van der Waals surface area (Å²) in [6.07, 6.45) is 4.94. The van der Waals surface area contributed by atoms with Crippen LogP contribution in [0.2, 0.25) is 0 Å². The van der Waals surface area contributed by atoms with Crippen LogP contribution in [0.15, 0.2) is 30.3 Å². The lowest BCUT2D eigenvalue weighted by Crippen LogP contribution is -2.52. The molecule has 6 heteroatoms. The molecular formula is C19H28N4O2. The second-order valence-electron chi connectivity index (χ2n) is 6.84. The third-order valence-electron chi connectivity index (χ3n) is 5.04. The zero-order chi connectivity index (χ0) is 17.5. The number of carbonyl (C=O) groups is 2. The summed E-state index contributed by atoms with van der Waals surface area (Å²) in [7, 11) is 0. The Morgan fingerprint density at radius 2 is 1.68 bits per heavy atom. The zero-order valence-corrected chi connectivity index (χ0v) is 14.7. The van der Waals surface area contributed by atoms with Crippen LogP contribution >= 0.6 is 0 Å². The van der Waals surface area contributed by atoms with Crippen molar-refractivity contribution >= 4 is 17.6 Å². The summed E-state index contributed by atoms with van der Waals surface area (Å²) in [5.74, 6) is 0.0427. The largest absolute Gasteiger partial charge is 0.368 e. The Labute approximate surface area is 149 Å². The van der Waals surface area contributed by atoms with E-state index in [4.69, 9.17) is 0 Å². The highest BCUT2D eigenvalue weighted by Crippen LogP contribution is 2.17. The molecule has 1 aromatic rings. The molecule has 136 valence electrons. The van der Waals surface area contributed by atoms with Gasteiger partial charge in [0.15, 0.2) is 0 Å². The quantitative estimate of drug-likeness (QED) is 0.858. The number of piperazine rings is 1. The van der Waals surface area contributed by atoms with Gasteiger partial charge in [0.05, 0.1) is 0 Å². The van der Waals surface area contributed by atoms with Crippen molar-refractivity contribution in [1.29, 1.82) is 0 Å². The molecule has 2 N–H and O–H groups in total. The Hall–Kier alpha value is -2.24. The predicted octanol–water partition coefficient (Wildman–Crippen LogP) is 1.97. The fourth-order valence-corrected chi connectivity index (χ4v) is 3.57. The number of hydrogen-bond acceptors (Lipinski definition) is 3. The fraction of sp³-hybridized carbons (Fsp3) is 0.579. The van der Waals surface area contributed by atoms with Crippen LogP contribution in [-0.2, 0) is 4.79 Å². The summed E-state index contributed by atoms with van der Waals surface area (Å²) < 4.78 is 0. The van der Waals surface area contributed by atoms with E-state index in [2.05, 4.69) is 27.7 Å². The summed E-state index contributed by atoms with van der Waals surface area (Å²) in [6.45, 7) is 3.47. The molecule has 1 saturated carbocycles. The standard InChI is InChI=1S/C19H28N4O2/c24-18(21-16-6-4-5-7-16)10-11-20-19(25)23-14-12-22(13-15-23)17-8-2-1-3-9-17/h1-3,8-9,16H,4-7,10-15H2,(H,20,25)(H,21,24). The second kappa shape index (κ2) is 8.74. The van der Waals surface area contributed by atoms with Crippen LogP contribution in [0.4, 0.5) is 10.5 Å². The molecule has 6 nitrogen and oxygen atoms in total. The molecule has 0 radical (unpaired) electrons. The van der Waals surface area contributed by atoms with Gasteiger partial charge in [0, 0.05) is 50.9 Å². The predicted molar refractivity (Wildman–Crippen MR) is 98.6 cm³/mol. The van der Waals surface area contributed by atoms with Gasteiger partial charge in [0.25, 0.3) is 0 Å². The smallest absolute Gasteiger partial charge is 0.317 e. The first-order valence-electron chi connectivity index (χ1n) is 9.34. The fourth-order valence-electron chi connectivity index (χ4n) is 3.57. The summed E-state index contributed by atoms with van der Waals surface area (Å²) in [5.41, 5.74) is 1.20. The van der Waals surface area contributed by atoms with Crippen LogP contribution < -0.4 is 15.5 Å². The molecule has 0 atom stereocenters. The van der Waals surface area contributed by atoms with Crippen LogP contribution in [-0.4, -0.2) is 55.6 Å². The van der Waals surface area contributed by atoms with Crippen LogP contribution in [0.3, 0.4) is 0 Å². The lowest BCUT2D eigenvalue weighted by atomic mass is 10.2. The van der Waals surface area contributed by atoms with Crippen molar-refractivity contribution in [3.63, 3.8) is 0 Å². The van der Waals surface area contributed by atoms with Gasteiger partial charge in [0.1, 0.15) is 0 Å². The van der Waals surface area contributed by atoms with Crippen molar-refractivity contribution in [3.8, 4) is 0 Å². The minimum absolute atomic E-state index is 0.0427. The number of carbonyl (C=O) groups excluding carboxylic acids is 2. The first-order valence-corrected chi connectivity index (χ1v) is 9.34. The molecule has 0 aromatic heterocycles. The zero-order valence-electron chi connectivity index (χ0n) is 14.7. The number of urea groups is 1. The van der Waals surface area contributed by atoms with E-state index in [1.165, 1.54) is 18.5 Å². The summed E-state index contributed by atoms with van der Waals surface area (Å²) >= 11 is 0. The van der Waals surface area contributed by atoms with E-state index >= 15 is 0 Å². The Bertz CT molecular complexity index is 564. The highest BCUT2D eigenvalue weighted by molar-refractivity contribution is 5.78. The minimum atomic E-state index is -0.0682. The van der Waals surface area contributed by atoms with Crippen molar-refractivity contribution in [2.24, 2.45) is 0 Å². The molecule has 1 heterocycles. The number of hydrogen-bond donors (Lipinski definition) is 2. The van der Waals surface area contributed by atoms with E-state index in [9.17, 15) is 9.59 Å². The molecule has 1 aliphatic carbocycles. The van der Waals surface area contributed by atoms with Crippen LogP contribution in [0.1, 0.15) is 32.1 Å². The molecular weight excluding hydrogens is 316 g/mol. The average molecular weight is 344 g/mol. The maximum atomic E-state index is 12.2. The number of para-hydroxylation sites is 1. The van der Waals surface area contributed by atoms with Gasteiger partial charge in [-0.05, 0) is 25.0 Å². The van der Waals surface area contributed by atoms with Crippen molar-refractivity contribution in [3.05, 3.63) is 30.3 Å². The third-order valence-corrected chi connectivity index (χ3v) is 5.04. The third kappa shape index (κ3) is 5.11. The molecule has 1 aliphatic heterocycles. The van der Waals surface area contributed by atoms with Gasteiger partial charge in [-0.3, -0.25) is 4.79 Å². The first-order chi connectivity index (χ1) is 12.2. The van der Waals surface area contributed by atoms with Gasteiger partial charge in [-0.1, -0.05) is 31.0 Å². The van der Waals surface area contributed by atoms with E-state index in [1.807, 2.05) is 23.1 Å². The molecule has 0 spiro atoms. The van der Waals surface area contributed by atoms with E-state index in [-0.39, 0.29) is 11.9 Å². The van der Waals surface area contributed by atoms with Crippen molar-refractivity contribution < 1.29 is 9.59 Å². The Morgan fingerprint density at radius 3 is 2.36 bits per heavy atom. The number of nitrogens with zero attached hydrogens (tertiary/aromatic N) is 2. The number of benzene rings is 1. The van der Waals surface area contributed by atoms with Gasteiger partial charge < -0.3 is 20.4 Å². The van der Waals surface area contributed by atoms with Gasteiger partial charge >= 0.3 is 6.03 Å². The Morgan fingerprint density at radius 1 is 1.00 bits per heavy atom. The molecule has 3 rings (SSSR count). The molecule has 1 saturated heterocycles. The number of anilines is 1. The molecule has 0 unspecified atom stereocenters. The van der Waals surface area contributed by atoms with Crippen LogP contribution in [0, 0.1) is 0 Å². The molecule has 1 aromatic carbocycles. The van der Waals surface area contributed by atoms with Gasteiger partial charge in [-0.2, -0.15) is 0 Å².